The first-order valence-corrected chi connectivity index (χ1v) is 9.51. The smallest absolute Gasteiger partial charge is 0.338 e. The van der Waals surface area contributed by atoms with E-state index in [2.05, 4.69) is 17.4 Å². The van der Waals surface area contributed by atoms with Crippen LogP contribution in [0.2, 0.25) is 0 Å². The van der Waals surface area contributed by atoms with Gasteiger partial charge < -0.3 is 14.8 Å². The summed E-state index contributed by atoms with van der Waals surface area (Å²) in [5, 5.41) is 2.79. The number of hydrogen-bond acceptors (Lipinski definition) is 4. The molecule has 0 saturated carbocycles. The highest BCUT2D eigenvalue weighted by molar-refractivity contribution is 6.04. The Morgan fingerprint density at radius 3 is 2.34 bits per heavy atom. The fourth-order valence-corrected chi connectivity index (χ4v) is 2.78. The third-order valence-corrected chi connectivity index (χ3v) is 4.25. The maximum Gasteiger partial charge on any atom is 0.338 e. The van der Waals surface area contributed by atoms with Crippen molar-refractivity contribution in [2.75, 3.05) is 18.5 Å². The van der Waals surface area contributed by atoms with Crippen molar-refractivity contribution in [3.63, 3.8) is 0 Å². The number of carbonyl (C=O) groups excluding carboxylic acids is 2. The number of ether oxygens (including phenoxy) is 2. The molecule has 0 aliphatic rings. The van der Waals surface area contributed by atoms with E-state index in [0.717, 1.165) is 6.42 Å². The van der Waals surface area contributed by atoms with Crippen LogP contribution in [0.5, 0.6) is 5.75 Å². The van der Waals surface area contributed by atoms with E-state index in [-0.39, 0.29) is 5.91 Å². The second kappa shape index (κ2) is 10.1. The molecule has 0 fully saturated rings. The van der Waals surface area contributed by atoms with E-state index in [9.17, 15) is 9.59 Å². The highest BCUT2D eigenvalue weighted by atomic mass is 16.5. The van der Waals surface area contributed by atoms with Gasteiger partial charge in [-0.05, 0) is 55.0 Å². The van der Waals surface area contributed by atoms with Gasteiger partial charge in [0.1, 0.15) is 5.75 Å². The zero-order chi connectivity index (χ0) is 20.5. The highest BCUT2D eigenvalue weighted by Gasteiger charge is 2.10. The summed E-state index contributed by atoms with van der Waals surface area (Å²) >= 11 is 0. The summed E-state index contributed by atoms with van der Waals surface area (Å²) in [6, 6.07) is 23.8. The third-order valence-electron chi connectivity index (χ3n) is 4.25. The Bertz CT molecular complexity index is 952. The first kappa shape index (κ1) is 20.1. The number of esters is 1. The molecule has 0 heterocycles. The lowest BCUT2D eigenvalue weighted by atomic mass is 10.1. The van der Waals surface area contributed by atoms with Gasteiger partial charge in [-0.3, -0.25) is 4.79 Å². The van der Waals surface area contributed by atoms with Crippen molar-refractivity contribution in [3.05, 3.63) is 95.6 Å². The summed E-state index contributed by atoms with van der Waals surface area (Å²) in [6.07, 6.45) is 0.819. The molecule has 29 heavy (non-hydrogen) atoms. The fourth-order valence-electron chi connectivity index (χ4n) is 2.78. The van der Waals surface area contributed by atoms with Crippen molar-refractivity contribution < 1.29 is 19.1 Å². The van der Waals surface area contributed by atoms with Gasteiger partial charge in [-0.1, -0.05) is 36.4 Å². The van der Waals surface area contributed by atoms with E-state index in [0.29, 0.717) is 35.8 Å². The van der Waals surface area contributed by atoms with Crippen molar-refractivity contribution in [3.8, 4) is 5.75 Å². The predicted octanol–water partition coefficient (Wildman–Crippen LogP) is 4.74. The molecule has 0 spiro atoms. The zero-order valence-corrected chi connectivity index (χ0v) is 16.3. The van der Waals surface area contributed by atoms with Crippen LogP contribution in [0.15, 0.2) is 78.9 Å². The van der Waals surface area contributed by atoms with Crippen LogP contribution in [0.4, 0.5) is 5.69 Å². The van der Waals surface area contributed by atoms with Gasteiger partial charge >= 0.3 is 5.97 Å². The van der Waals surface area contributed by atoms with E-state index in [4.69, 9.17) is 9.47 Å². The molecule has 1 amide bonds. The number of hydrogen-bond donors (Lipinski definition) is 1. The van der Waals surface area contributed by atoms with Crippen molar-refractivity contribution >= 4 is 17.6 Å². The molecule has 0 aromatic heterocycles. The summed E-state index contributed by atoms with van der Waals surface area (Å²) in [5.74, 6) is 0.0317. The molecular formula is C24H23NO4. The van der Waals surface area contributed by atoms with Crippen LogP contribution in [0.25, 0.3) is 0 Å². The Morgan fingerprint density at radius 1 is 0.862 bits per heavy atom. The lowest BCUT2D eigenvalue weighted by Crippen LogP contribution is -2.13. The van der Waals surface area contributed by atoms with Crippen LogP contribution in [-0.4, -0.2) is 25.1 Å². The minimum Gasteiger partial charge on any atom is -0.493 e. The van der Waals surface area contributed by atoms with Crippen molar-refractivity contribution in [1.82, 2.24) is 0 Å². The van der Waals surface area contributed by atoms with Gasteiger partial charge in [-0.25, -0.2) is 4.79 Å². The van der Waals surface area contributed by atoms with Gasteiger partial charge in [0, 0.05) is 17.7 Å². The Morgan fingerprint density at radius 2 is 1.62 bits per heavy atom. The van der Waals surface area contributed by atoms with Crippen LogP contribution < -0.4 is 10.1 Å². The molecule has 0 aliphatic heterocycles. The molecular weight excluding hydrogens is 366 g/mol. The van der Waals surface area contributed by atoms with Crippen molar-refractivity contribution in [2.24, 2.45) is 0 Å². The monoisotopic (exact) mass is 389 g/mol. The Hall–Kier alpha value is -3.60. The first-order valence-electron chi connectivity index (χ1n) is 9.51. The summed E-state index contributed by atoms with van der Waals surface area (Å²) in [4.78, 5) is 24.3. The van der Waals surface area contributed by atoms with E-state index >= 15 is 0 Å². The lowest BCUT2D eigenvalue weighted by Gasteiger charge is -2.09. The zero-order valence-electron chi connectivity index (χ0n) is 16.3. The van der Waals surface area contributed by atoms with Crippen molar-refractivity contribution in [1.29, 1.82) is 0 Å². The van der Waals surface area contributed by atoms with E-state index in [1.807, 2.05) is 18.2 Å². The van der Waals surface area contributed by atoms with Crippen LogP contribution in [0.1, 0.15) is 33.2 Å². The second-order valence-electron chi connectivity index (χ2n) is 6.36. The molecule has 0 atom stereocenters. The van der Waals surface area contributed by atoms with Crippen LogP contribution in [0.3, 0.4) is 0 Å². The average molecular weight is 389 g/mol. The molecule has 148 valence electrons. The number of carbonyl (C=O) groups is 2. The SMILES string of the molecule is CCOC(=O)c1cccc(NC(=O)c2ccc(OCCc3ccccc3)cc2)c1. The number of rotatable bonds is 8. The summed E-state index contributed by atoms with van der Waals surface area (Å²) in [5.41, 5.74) is 2.64. The molecule has 0 radical (unpaired) electrons. The molecule has 0 saturated heterocycles. The Labute approximate surface area is 170 Å². The molecule has 0 bridgehead atoms. The summed E-state index contributed by atoms with van der Waals surface area (Å²) < 4.78 is 10.7. The van der Waals surface area contributed by atoms with E-state index in [1.165, 1.54) is 5.56 Å². The lowest BCUT2D eigenvalue weighted by molar-refractivity contribution is 0.0526. The maximum absolute atomic E-state index is 12.5. The minimum atomic E-state index is -0.416. The molecule has 1 N–H and O–H groups in total. The van der Waals surface area contributed by atoms with Crippen LogP contribution in [0, 0.1) is 0 Å². The fraction of sp³-hybridized carbons (Fsp3) is 0.167. The minimum absolute atomic E-state index is 0.262. The topological polar surface area (TPSA) is 64.6 Å². The Kier molecular flexibility index (Phi) is 7.00. The molecule has 3 aromatic rings. The normalized spacial score (nSPS) is 10.2. The molecule has 5 nitrogen and oxygen atoms in total. The van der Waals surface area contributed by atoms with Crippen molar-refractivity contribution in [2.45, 2.75) is 13.3 Å². The van der Waals surface area contributed by atoms with Gasteiger partial charge in [-0.15, -0.1) is 0 Å². The predicted molar refractivity (Wildman–Crippen MR) is 112 cm³/mol. The van der Waals surface area contributed by atoms with E-state index in [1.54, 1.807) is 55.5 Å². The van der Waals surface area contributed by atoms with E-state index < -0.39 is 5.97 Å². The number of benzene rings is 3. The van der Waals surface area contributed by atoms with Gasteiger partial charge in [0.2, 0.25) is 0 Å². The quantitative estimate of drug-likeness (QED) is 0.565. The summed E-state index contributed by atoms with van der Waals surface area (Å²) in [6.45, 7) is 2.62. The largest absolute Gasteiger partial charge is 0.493 e. The Balaban J connectivity index is 1.55. The molecule has 3 rings (SSSR count). The van der Waals surface area contributed by atoms with Crippen LogP contribution >= 0.6 is 0 Å². The number of nitrogens with one attached hydrogen (secondary N) is 1. The van der Waals surface area contributed by atoms with Gasteiger partial charge in [0.15, 0.2) is 0 Å². The molecule has 0 unspecified atom stereocenters. The van der Waals surface area contributed by atoms with Gasteiger partial charge in [0.25, 0.3) is 5.91 Å². The van der Waals surface area contributed by atoms with Gasteiger partial charge in [-0.2, -0.15) is 0 Å². The first-order chi connectivity index (χ1) is 14.2. The third kappa shape index (κ3) is 5.94. The molecule has 0 aliphatic carbocycles. The maximum atomic E-state index is 12.5. The molecule has 3 aromatic carbocycles. The van der Waals surface area contributed by atoms with Gasteiger partial charge in [0.05, 0.1) is 18.8 Å². The number of anilines is 1. The summed E-state index contributed by atoms with van der Waals surface area (Å²) in [7, 11) is 0. The second-order valence-corrected chi connectivity index (χ2v) is 6.36. The number of amides is 1. The van der Waals surface area contributed by atoms with Crippen LogP contribution in [-0.2, 0) is 11.2 Å². The molecule has 5 heteroatoms. The highest BCUT2D eigenvalue weighted by Crippen LogP contribution is 2.16. The standard InChI is InChI=1S/C24H23NO4/c1-2-28-24(27)20-9-6-10-21(17-20)25-23(26)19-11-13-22(14-12-19)29-16-15-18-7-4-3-5-8-18/h3-14,17H,2,15-16H2,1H3,(H,25,26). The average Bonchev–Trinajstić information content (AvgIpc) is 2.75.